The molecule has 0 aromatic heterocycles. The number of amides is 1. The first-order valence-corrected chi connectivity index (χ1v) is 5.46. The highest BCUT2D eigenvalue weighted by molar-refractivity contribution is 8.00. The molecule has 0 unspecified atom stereocenters. The lowest BCUT2D eigenvalue weighted by molar-refractivity contribution is -0.123. The molecule has 15 heavy (non-hydrogen) atoms. The Kier molecular flexibility index (Phi) is 6.04. The summed E-state index contributed by atoms with van der Waals surface area (Å²) in [5.74, 6) is -0.631. The van der Waals surface area contributed by atoms with Crippen molar-refractivity contribution in [1.82, 2.24) is 5.32 Å². The van der Waals surface area contributed by atoms with Crippen molar-refractivity contribution in [3.05, 3.63) is 0 Å². The molecule has 0 rings (SSSR count). The van der Waals surface area contributed by atoms with E-state index < -0.39 is 17.5 Å². The van der Waals surface area contributed by atoms with E-state index in [9.17, 15) is 18.0 Å². The van der Waals surface area contributed by atoms with Crippen LogP contribution in [0.4, 0.5) is 13.2 Å². The van der Waals surface area contributed by atoms with Crippen LogP contribution in [0.1, 0.15) is 13.8 Å². The summed E-state index contributed by atoms with van der Waals surface area (Å²) in [6.07, 6.45) is 0. The van der Waals surface area contributed by atoms with Gasteiger partial charge in [-0.25, -0.2) is 0 Å². The van der Waals surface area contributed by atoms with E-state index in [0.29, 0.717) is 0 Å². The fraction of sp³-hybridized carbons (Fsp3) is 0.875. The second kappa shape index (κ2) is 6.22. The molecule has 0 heterocycles. The largest absolute Gasteiger partial charge is 0.441 e. The van der Waals surface area contributed by atoms with Crippen LogP contribution in [0.15, 0.2) is 0 Å². The predicted molar refractivity (Wildman–Crippen MR) is 54.3 cm³/mol. The summed E-state index contributed by atoms with van der Waals surface area (Å²) < 4.78 is 35.1. The van der Waals surface area contributed by atoms with E-state index in [-0.39, 0.29) is 30.0 Å². The number of thioether (sulfide) groups is 1. The van der Waals surface area contributed by atoms with Crippen LogP contribution in [0.2, 0.25) is 0 Å². The molecule has 0 aliphatic carbocycles. The summed E-state index contributed by atoms with van der Waals surface area (Å²) in [5, 5.41) is 2.35. The summed E-state index contributed by atoms with van der Waals surface area (Å²) in [5.41, 5.74) is 1.24. The maximum Gasteiger partial charge on any atom is 0.441 e. The fourth-order valence-corrected chi connectivity index (χ4v) is 1.20. The summed E-state index contributed by atoms with van der Waals surface area (Å²) >= 11 is -0.160. The van der Waals surface area contributed by atoms with Crippen LogP contribution < -0.4 is 11.1 Å². The molecule has 0 spiro atoms. The van der Waals surface area contributed by atoms with Gasteiger partial charge in [0.25, 0.3) is 0 Å². The Morgan fingerprint density at radius 1 is 1.47 bits per heavy atom. The third kappa shape index (κ3) is 7.49. The van der Waals surface area contributed by atoms with Gasteiger partial charge in [-0.2, -0.15) is 13.2 Å². The van der Waals surface area contributed by atoms with E-state index in [0.717, 1.165) is 0 Å². The summed E-state index contributed by atoms with van der Waals surface area (Å²) in [7, 11) is 0. The highest BCUT2D eigenvalue weighted by Crippen LogP contribution is 2.29. The quantitative estimate of drug-likeness (QED) is 0.717. The first-order chi connectivity index (χ1) is 6.74. The van der Waals surface area contributed by atoms with Crippen LogP contribution in [0.25, 0.3) is 0 Å². The molecule has 0 aromatic carbocycles. The van der Waals surface area contributed by atoms with Crippen molar-refractivity contribution in [2.45, 2.75) is 25.4 Å². The molecular formula is C8H15F3N2OS. The molecule has 0 saturated carbocycles. The van der Waals surface area contributed by atoms with Gasteiger partial charge < -0.3 is 11.1 Å². The van der Waals surface area contributed by atoms with Gasteiger partial charge in [0.15, 0.2) is 0 Å². The van der Waals surface area contributed by atoms with Crippen molar-refractivity contribution in [2.75, 3.05) is 12.3 Å². The van der Waals surface area contributed by atoms with Gasteiger partial charge in [0.05, 0.1) is 6.04 Å². The third-order valence-electron chi connectivity index (χ3n) is 1.69. The number of hydrogen-bond acceptors (Lipinski definition) is 3. The average molecular weight is 244 g/mol. The molecular weight excluding hydrogens is 229 g/mol. The van der Waals surface area contributed by atoms with Crippen molar-refractivity contribution in [3.63, 3.8) is 0 Å². The first kappa shape index (κ1) is 14.6. The van der Waals surface area contributed by atoms with E-state index in [1.54, 1.807) is 13.8 Å². The van der Waals surface area contributed by atoms with Crippen molar-refractivity contribution < 1.29 is 18.0 Å². The second-order valence-corrected chi connectivity index (χ2v) is 4.51. The Labute approximate surface area is 91.0 Å². The minimum Gasteiger partial charge on any atom is -0.354 e. The van der Waals surface area contributed by atoms with Crippen LogP contribution in [0.3, 0.4) is 0 Å². The lowest BCUT2D eigenvalue weighted by atomic mass is 10.1. The van der Waals surface area contributed by atoms with Gasteiger partial charge in [-0.15, -0.1) is 0 Å². The Morgan fingerprint density at radius 3 is 2.40 bits per heavy atom. The molecule has 0 bridgehead atoms. The topological polar surface area (TPSA) is 55.1 Å². The maximum atomic E-state index is 11.7. The van der Waals surface area contributed by atoms with Gasteiger partial charge in [-0.3, -0.25) is 4.79 Å². The Balaban J connectivity index is 3.65. The first-order valence-electron chi connectivity index (χ1n) is 4.48. The normalized spacial score (nSPS) is 14.1. The van der Waals surface area contributed by atoms with Crippen molar-refractivity contribution in [2.24, 2.45) is 11.7 Å². The highest BCUT2D eigenvalue weighted by atomic mass is 32.2. The van der Waals surface area contributed by atoms with Crippen molar-refractivity contribution in [3.8, 4) is 0 Å². The smallest absolute Gasteiger partial charge is 0.354 e. The minimum absolute atomic E-state index is 0.0244. The molecule has 1 atom stereocenters. The van der Waals surface area contributed by atoms with E-state index in [4.69, 9.17) is 5.73 Å². The molecule has 3 N–H and O–H groups in total. The van der Waals surface area contributed by atoms with E-state index >= 15 is 0 Å². The van der Waals surface area contributed by atoms with Gasteiger partial charge in [0.2, 0.25) is 5.91 Å². The SMILES string of the molecule is CC(C)[C@@H](N)C(=O)NCCSC(F)(F)F. The van der Waals surface area contributed by atoms with Crippen LogP contribution >= 0.6 is 11.8 Å². The summed E-state index contributed by atoms with van der Waals surface area (Å²) in [6.45, 7) is 3.52. The zero-order chi connectivity index (χ0) is 12.1. The number of carbonyl (C=O) groups excluding carboxylic acids is 1. The third-order valence-corrected chi connectivity index (χ3v) is 2.42. The number of carbonyl (C=O) groups is 1. The van der Waals surface area contributed by atoms with Crippen LogP contribution in [0.5, 0.6) is 0 Å². The molecule has 0 aliphatic heterocycles. The zero-order valence-electron chi connectivity index (χ0n) is 8.60. The van der Waals surface area contributed by atoms with Gasteiger partial charge in [0, 0.05) is 12.3 Å². The van der Waals surface area contributed by atoms with E-state index in [2.05, 4.69) is 5.32 Å². The molecule has 0 saturated heterocycles. The number of rotatable bonds is 5. The maximum absolute atomic E-state index is 11.7. The van der Waals surface area contributed by atoms with E-state index in [1.165, 1.54) is 0 Å². The Bertz CT molecular complexity index is 209. The molecule has 0 aliphatic rings. The summed E-state index contributed by atoms with van der Waals surface area (Å²) in [6, 6.07) is -0.666. The van der Waals surface area contributed by atoms with Crippen LogP contribution in [0, 0.1) is 5.92 Å². The van der Waals surface area contributed by atoms with Crippen molar-refractivity contribution >= 4 is 17.7 Å². The standard InChI is InChI=1S/C8H15F3N2OS/c1-5(2)6(12)7(14)13-3-4-15-8(9,10)11/h5-6H,3-4,12H2,1-2H3,(H,13,14)/t6-/m1/s1. The molecule has 0 fully saturated rings. The average Bonchev–Trinajstić information content (AvgIpc) is 2.09. The molecule has 3 nitrogen and oxygen atoms in total. The van der Waals surface area contributed by atoms with Crippen molar-refractivity contribution in [1.29, 1.82) is 0 Å². The number of nitrogens with one attached hydrogen (secondary N) is 1. The van der Waals surface area contributed by atoms with Crippen LogP contribution in [-0.2, 0) is 4.79 Å². The van der Waals surface area contributed by atoms with Gasteiger partial charge >= 0.3 is 5.51 Å². The zero-order valence-corrected chi connectivity index (χ0v) is 9.41. The Hall–Kier alpha value is -0.430. The molecule has 0 radical (unpaired) electrons. The second-order valence-electron chi connectivity index (χ2n) is 3.36. The van der Waals surface area contributed by atoms with Gasteiger partial charge in [0.1, 0.15) is 0 Å². The van der Waals surface area contributed by atoms with Gasteiger partial charge in [-0.1, -0.05) is 13.8 Å². The predicted octanol–water partition coefficient (Wildman–Crippen LogP) is 1.34. The molecule has 1 amide bonds. The van der Waals surface area contributed by atoms with Gasteiger partial charge in [-0.05, 0) is 17.7 Å². The number of alkyl halides is 3. The number of hydrogen-bond donors (Lipinski definition) is 2. The molecule has 7 heteroatoms. The molecule has 0 aromatic rings. The Morgan fingerprint density at radius 2 is 2.00 bits per heavy atom. The fourth-order valence-electron chi connectivity index (χ4n) is 0.762. The highest BCUT2D eigenvalue weighted by Gasteiger charge is 2.27. The lowest BCUT2D eigenvalue weighted by Crippen LogP contribution is -2.44. The summed E-state index contributed by atoms with van der Waals surface area (Å²) in [4.78, 5) is 11.2. The van der Waals surface area contributed by atoms with Crippen LogP contribution in [-0.4, -0.2) is 29.8 Å². The number of nitrogens with two attached hydrogens (primary N) is 1. The molecule has 90 valence electrons. The van der Waals surface area contributed by atoms with E-state index in [1.807, 2.05) is 0 Å². The lowest BCUT2D eigenvalue weighted by Gasteiger charge is -2.15. The monoisotopic (exact) mass is 244 g/mol. The minimum atomic E-state index is -4.25. The number of halogens is 3.